The second kappa shape index (κ2) is 10.8. The number of guanidine groups is 1. The summed E-state index contributed by atoms with van der Waals surface area (Å²) in [6.07, 6.45) is 3.96. The third-order valence-electron chi connectivity index (χ3n) is 3.99. The van der Waals surface area contributed by atoms with Crippen molar-refractivity contribution in [3.8, 4) is 0 Å². The summed E-state index contributed by atoms with van der Waals surface area (Å²) in [5, 5.41) is 14.2. The van der Waals surface area contributed by atoms with E-state index in [1.54, 1.807) is 18.4 Å². The molecule has 26 heavy (non-hydrogen) atoms. The van der Waals surface area contributed by atoms with Crippen molar-refractivity contribution in [2.75, 3.05) is 27.7 Å². The molecule has 0 saturated heterocycles. The number of hydrogen-bond donors (Lipinski definition) is 2. The van der Waals surface area contributed by atoms with E-state index in [4.69, 9.17) is 0 Å². The molecule has 7 nitrogen and oxygen atoms in total. The maximum Gasteiger partial charge on any atom is 0.191 e. The van der Waals surface area contributed by atoms with Gasteiger partial charge in [-0.05, 0) is 20.0 Å². The van der Waals surface area contributed by atoms with Gasteiger partial charge in [-0.2, -0.15) is 5.10 Å². The van der Waals surface area contributed by atoms with Crippen LogP contribution in [0.15, 0.2) is 22.8 Å². The largest absolute Gasteiger partial charge is 0.354 e. The van der Waals surface area contributed by atoms with Gasteiger partial charge in [-0.15, -0.1) is 35.3 Å². The lowest BCUT2D eigenvalue weighted by atomic mass is 10.1. The van der Waals surface area contributed by atoms with E-state index in [0.29, 0.717) is 12.5 Å². The maximum atomic E-state index is 4.64. The summed E-state index contributed by atoms with van der Waals surface area (Å²) in [7, 11) is 7.85. The fraction of sp³-hybridized carbons (Fsp3) is 0.588. The van der Waals surface area contributed by atoms with Crippen LogP contribution in [0, 0.1) is 0 Å². The lowest BCUT2D eigenvalue weighted by Crippen LogP contribution is -2.41. The number of halogens is 1. The molecule has 2 heterocycles. The Kier molecular flexibility index (Phi) is 9.51. The van der Waals surface area contributed by atoms with Crippen molar-refractivity contribution in [3.05, 3.63) is 34.0 Å². The number of rotatable bonds is 7. The minimum Gasteiger partial charge on any atom is -0.354 e. The van der Waals surface area contributed by atoms with Crippen molar-refractivity contribution in [3.63, 3.8) is 0 Å². The van der Waals surface area contributed by atoms with Gasteiger partial charge in [0.05, 0.1) is 24.5 Å². The Hall–Kier alpha value is -1.20. The number of aromatic nitrogens is 3. The molecule has 2 N–H and O–H groups in total. The summed E-state index contributed by atoms with van der Waals surface area (Å²) >= 11 is 1.68. The van der Waals surface area contributed by atoms with Crippen LogP contribution in [-0.4, -0.2) is 53.3 Å². The number of aliphatic imine (C=N–C) groups is 1. The third-order valence-corrected chi connectivity index (χ3v) is 4.85. The molecule has 1 unspecified atom stereocenters. The van der Waals surface area contributed by atoms with E-state index in [2.05, 4.69) is 63.9 Å². The highest BCUT2D eigenvalue weighted by atomic mass is 127. The summed E-state index contributed by atoms with van der Waals surface area (Å²) in [6.45, 7) is 5.74. The predicted molar refractivity (Wildman–Crippen MR) is 119 cm³/mol. The molecule has 0 saturated carbocycles. The highest BCUT2D eigenvalue weighted by Gasteiger charge is 2.16. The van der Waals surface area contributed by atoms with Gasteiger partial charge in [-0.1, -0.05) is 13.8 Å². The van der Waals surface area contributed by atoms with Crippen molar-refractivity contribution in [2.24, 2.45) is 12.0 Å². The average molecular weight is 491 g/mol. The quantitative estimate of drug-likeness (QED) is 0.354. The molecule has 0 bridgehead atoms. The van der Waals surface area contributed by atoms with Crippen LogP contribution in [0.1, 0.15) is 42.1 Å². The standard InChI is InChI=1S/C17H29N7S.HI/c1-12(2)14-11-25-16(22-14)9-20-17(18-3)19-8-15(23(4)5)13-7-21-24(6)10-13;/h7,10-12,15H,8-9H2,1-6H3,(H2,18,19,20);1H. The molecule has 2 rings (SSSR count). The molecule has 0 amide bonds. The normalized spacial score (nSPS) is 13.0. The Morgan fingerprint density at radius 2 is 2.08 bits per heavy atom. The monoisotopic (exact) mass is 491 g/mol. The van der Waals surface area contributed by atoms with Crippen molar-refractivity contribution in [1.82, 2.24) is 30.3 Å². The van der Waals surface area contributed by atoms with E-state index in [1.165, 1.54) is 5.56 Å². The Bertz CT molecular complexity index is 693. The fourth-order valence-electron chi connectivity index (χ4n) is 2.46. The zero-order valence-electron chi connectivity index (χ0n) is 16.4. The first kappa shape index (κ1) is 22.8. The first-order valence-electron chi connectivity index (χ1n) is 8.44. The minimum absolute atomic E-state index is 0. The molecule has 0 aliphatic rings. The fourth-order valence-corrected chi connectivity index (χ4v) is 3.35. The first-order chi connectivity index (χ1) is 11.9. The lowest BCUT2D eigenvalue weighted by Gasteiger charge is -2.24. The minimum atomic E-state index is 0. The predicted octanol–water partition coefficient (Wildman–Crippen LogP) is 2.59. The molecule has 146 valence electrons. The second-order valence-electron chi connectivity index (χ2n) is 6.55. The van der Waals surface area contributed by atoms with Gasteiger partial charge < -0.3 is 15.5 Å². The van der Waals surface area contributed by atoms with Crippen LogP contribution in [0.3, 0.4) is 0 Å². The third kappa shape index (κ3) is 6.51. The molecule has 0 aromatic carbocycles. The van der Waals surface area contributed by atoms with Crippen molar-refractivity contribution in [2.45, 2.75) is 32.4 Å². The Morgan fingerprint density at radius 3 is 2.58 bits per heavy atom. The molecule has 0 radical (unpaired) electrons. The second-order valence-corrected chi connectivity index (χ2v) is 7.50. The van der Waals surface area contributed by atoms with Crippen molar-refractivity contribution >= 4 is 41.3 Å². The Morgan fingerprint density at radius 1 is 1.35 bits per heavy atom. The van der Waals surface area contributed by atoms with E-state index >= 15 is 0 Å². The number of thiazole rings is 1. The van der Waals surface area contributed by atoms with Gasteiger partial charge >= 0.3 is 0 Å². The van der Waals surface area contributed by atoms with Gasteiger partial charge in [0.2, 0.25) is 0 Å². The molecule has 0 spiro atoms. The maximum absolute atomic E-state index is 4.64. The summed E-state index contributed by atoms with van der Waals surface area (Å²) < 4.78 is 1.83. The summed E-state index contributed by atoms with van der Waals surface area (Å²) in [4.78, 5) is 11.1. The van der Waals surface area contributed by atoms with E-state index in [9.17, 15) is 0 Å². The van der Waals surface area contributed by atoms with Gasteiger partial charge in [0.25, 0.3) is 0 Å². The van der Waals surface area contributed by atoms with Gasteiger partial charge in [0, 0.05) is 37.8 Å². The molecule has 2 aromatic rings. The van der Waals surface area contributed by atoms with Crippen LogP contribution in [0.25, 0.3) is 0 Å². The first-order valence-corrected chi connectivity index (χ1v) is 9.32. The zero-order chi connectivity index (χ0) is 18.4. The highest BCUT2D eigenvalue weighted by Crippen LogP contribution is 2.18. The van der Waals surface area contributed by atoms with Crippen LogP contribution in [0.5, 0.6) is 0 Å². The number of likely N-dealkylation sites (N-methyl/N-ethyl adjacent to an activating group) is 1. The summed E-state index contributed by atoms with van der Waals surface area (Å²) in [5.41, 5.74) is 2.32. The van der Waals surface area contributed by atoms with Gasteiger partial charge in [-0.3, -0.25) is 9.67 Å². The molecular formula is C17H30IN7S. The van der Waals surface area contributed by atoms with Crippen LogP contribution in [0.2, 0.25) is 0 Å². The summed E-state index contributed by atoms with van der Waals surface area (Å²) in [5.74, 6) is 1.24. The molecule has 2 aromatic heterocycles. The van der Waals surface area contributed by atoms with E-state index in [-0.39, 0.29) is 30.0 Å². The molecular weight excluding hydrogens is 461 g/mol. The van der Waals surface area contributed by atoms with E-state index in [1.807, 2.05) is 24.1 Å². The molecule has 0 aliphatic heterocycles. The molecule has 9 heteroatoms. The Labute approximate surface area is 177 Å². The van der Waals surface area contributed by atoms with Crippen LogP contribution >= 0.6 is 35.3 Å². The van der Waals surface area contributed by atoms with Crippen molar-refractivity contribution < 1.29 is 0 Å². The highest BCUT2D eigenvalue weighted by molar-refractivity contribution is 14.0. The van der Waals surface area contributed by atoms with Gasteiger partial charge in [0.15, 0.2) is 5.96 Å². The lowest BCUT2D eigenvalue weighted by molar-refractivity contribution is 0.298. The SMILES string of the molecule is CN=C(NCc1nc(C(C)C)cs1)NCC(c1cnn(C)c1)N(C)C.I. The molecule has 1 atom stereocenters. The number of nitrogens with zero attached hydrogens (tertiary/aromatic N) is 5. The zero-order valence-corrected chi connectivity index (χ0v) is 19.5. The number of nitrogens with one attached hydrogen (secondary N) is 2. The van der Waals surface area contributed by atoms with Gasteiger partial charge in [0.1, 0.15) is 5.01 Å². The van der Waals surface area contributed by atoms with Crippen LogP contribution < -0.4 is 10.6 Å². The van der Waals surface area contributed by atoms with Crippen LogP contribution in [0.4, 0.5) is 0 Å². The van der Waals surface area contributed by atoms with E-state index in [0.717, 1.165) is 23.2 Å². The average Bonchev–Trinajstić information content (AvgIpc) is 3.19. The summed E-state index contributed by atoms with van der Waals surface area (Å²) in [6, 6.07) is 0.222. The Balaban J connectivity index is 0.00000338. The van der Waals surface area contributed by atoms with Crippen molar-refractivity contribution in [1.29, 1.82) is 0 Å². The molecule has 0 fully saturated rings. The molecule has 0 aliphatic carbocycles. The number of hydrogen-bond acceptors (Lipinski definition) is 5. The van der Waals surface area contributed by atoms with Crippen LogP contribution in [-0.2, 0) is 13.6 Å². The number of aryl methyl sites for hydroxylation is 1. The van der Waals surface area contributed by atoms with E-state index < -0.39 is 0 Å². The van der Waals surface area contributed by atoms with Gasteiger partial charge in [-0.25, -0.2) is 4.98 Å². The smallest absolute Gasteiger partial charge is 0.191 e. The topological polar surface area (TPSA) is 70.4 Å².